The Labute approximate surface area is 552 Å². The molecule has 12 rings (SSSR count). The number of aliphatic carboxylic acids is 1. The van der Waals surface area contributed by atoms with Crippen LogP contribution in [0.4, 0.5) is 35.5 Å². The monoisotopic (exact) mass is 1310 g/mol. The van der Waals surface area contributed by atoms with Crippen molar-refractivity contribution in [3.05, 3.63) is 154 Å². The summed E-state index contributed by atoms with van der Waals surface area (Å²) in [4.78, 5) is 79.7. The second-order valence-corrected chi connectivity index (χ2v) is 24.3. The third-order valence-electron chi connectivity index (χ3n) is 14.8. The average Bonchev–Trinajstić information content (AvgIpc) is 1.62. The number of nitrogens with zero attached hydrogens (tertiary/aromatic N) is 16. The number of hydrogen-bond donors (Lipinski definition) is 3. The summed E-state index contributed by atoms with van der Waals surface area (Å²) in [5, 5.41) is 36.1. The van der Waals surface area contributed by atoms with Gasteiger partial charge in [0.25, 0.3) is 0 Å². The summed E-state index contributed by atoms with van der Waals surface area (Å²) < 4.78 is 36.1. The van der Waals surface area contributed by atoms with Gasteiger partial charge in [0, 0.05) is 137 Å². The number of amides is 2. The number of rotatable bonds is 14. The Hall–Kier alpha value is -10.2. The normalized spacial score (nSPS) is 12.8. The van der Waals surface area contributed by atoms with E-state index < -0.39 is 5.97 Å². The lowest BCUT2D eigenvalue weighted by Gasteiger charge is -2.30. The Kier molecular flexibility index (Phi) is 23.0. The van der Waals surface area contributed by atoms with Crippen LogP contribution >= 0.6 is 22.7 Å². The van der Waals surface area contributed by atoms with E-state index >= 15 is 0 Å². The van der Waals surface area contributed by atoms with Gasteiger partial charge in [0.1, 0.15) is 91.5 Å². The molecule has 8 aromatic heterocycles. The quantitative estimate of drug-likeness (QED) is 0.0912. The maximum atomic E-state index is 13.5. The highest BCUT2D eigenvalue weighted by Gasteiger charge is 2.27. The van der Waals surface area contributed by atoms with Gasteiger partial charge in [-0.2, -0.15) is 10.5 Å². The molecule has 2 aliphatic rings. The van der Waals surface area contributed by atoms with Crippen LogP contribution in [-0.4, -0.2) is 154 Å². The molecule has 0 bridgehead atoms. The zero-order valence-corrected chi connectivity index (χ0v) is 53.3. The number of aryl methyl sites for hydroxylation is 2. The number of pyridine rings is 2. The number of aromatic nitrogens is 10. The molecule has 23 nitrogen and oxygen atoms in total. The molecule has 2 fully saturated rings. The molecule has 2 amide bonds. The predicted molar refractivity (Wildman–Crippen MR) is 360 cm³/mol. The van der Waals surface area contributed by atoms with Crippen LogP contribution in [0, 0.1) is 34.3 Å². The summed E-state index contributed by atoms with van der Waals surface area (Å²) in [6.45, 7) is 15.9. The molecule has 0 unspecified atom stereocenters. The molecule has 0 radical (unpaired) electrons. The van der Waals surface area contributed by atoms with Crippen molar-refractivity contribution in [3.8, 4) is 56.9 Å². The Balaban J connectivity index is 0.000000200. The standard InChI is InChI=1S/C30H28FN9OS.C26H20FN7O2S.C9H18N2O2.2CH4/c1-3-23-29(38(2)30-37-28(24(15-32)42-30)19-4-7-22(31)8-5-19)40-18-20(6-9-26(40)36-23)21-16-34-25(35-17-21)14-27(41)39-12-10-33-11-13-39;1-3-19-25(33(2)26-32-24(20(11-28)37-26)15-4-7-18(27)8-5-15)34-14-16(6-9-22(34)31-19)17-12-29-21(30-13-17)10-23(35)36;1-9(2,3)13-8(12)11-6-4-10-5-7-11;;/h4-9,16-18,33H,3,10-14H2,1-2H3;4-9,12-14H,3,10H2,1-2H3,(H,35,36);10H,4-7H2,1-3H3;2*1H4. The molecule has 488 valence electrons. The van der Waals surface area contributed by atoms with Crippen LogP contribution in [0.15, 0.2) is 110 Å². The first-order valence-electron chi connectivity index (χ1n) is 29.7. The molecule has 0 aliphatic carbocycles. The molecule has 10 heterocycles. The third-order valence-corrected chi connectivity index (χ3v) is 16.9. The minimum atomic E-state index is -0.989. The number of anilines is 4. The number of carbonyl (C=O) groups excluding carboxylic acids is 2. The van der Waals surface area contributed by atoms with Crippen molar-refractivity contribution in [2.45, 2.75) is 80.8 Å². The molecule has 0 saturated carbocycles. The predicted octanol–water partition coefficient (Wildman–Crippen LogP) is 11.2. The minimum Gasteiger partial charge on any atom is -0.481 e. The Morgan fingerprint density at radius 3 is 1.34 bits per heavy atom. The van der Waals surface area contributed by atoms with Crippen molar-refractivity contribution in [1.29, 1.82) is 10.5 Å². The number of nitriles is 2. The molecule has 2 aromatic carbocycles. The molecule has 10 aromatic rings. The minimum absolute atomic E-state index is 0. The van der Waals surface area contributed by atoms with Crippen molar-refractivity contribution < 1.29 is 33.0 Å². The van der Waals surface area contributed by atoms with E-state index in [1.165, 1.54) is 46.9 Å². The van der Waals surface area contributed by atoms with E-state index in [-0.39, 0.29) is 62.8 Å². The largest absolute Gasteiger partial charge is 0.481 e. The average molecular weight is 1310 g/mol. The van der Waals surface area contributed by atoms with Crippen molar-refractivity contribution in [2.75, 3.05) is 76.3 Å². The van der Waals surface area contributed by atoms with E-state index in [4.69, 9.17) is 29.8 Å². The topological polar surface area (TPSA) is 277 Å². The van der Waals surface area contributed by atoms with E-state index in [0.29, 0.717) is 74.3 Å². The highest BCUT2D eigenvalue weighted by atomic mass is 32.1. The first-order chi connectivity index (χ1) is 44.3. The fourth-order valence-electron chi connectivity index (χ4n) is 10.2. The number of carbonyl (C=O) groups is 3. The molecule has 2 saturated heterocycles. The molecule has 3 N–H and O–H groups in total. The summed E-state index contributed by atoms with van der Waals surface area (Å²) in [5.41, 5.74) is 8.48. The van der Waals surface area contributed by atoms with E-state index in [0.717, 1.165) is 95.8 Å². The van der Waals surface area contributed by atoms with Crippen LogP contribution in [0.1, 0.15) is 82.3 Å². The maximum Gasteiger partial charge on any atom is 0.410 e. The van der Waals surface area contributed by atoms with Gasteiger partial charge in [0.2, 0.25) is 5.91 Å². The number of fused-ring (bicyclic) bond motifs is 2. The second kappa shape index (κ2) is 31.0. The first-order valence-corrected chi connectivity index (χ1v) is 31.3. The summed E-state index contributed by atoms with van der Waals surface area (Å²) in [6.07, 6.45) is 11.7. The van der Waals surface area contributed by atoms with Crippen LogP contribution in [0.5, 0.6) is 0 Å². The maximum absolute atomic E-state index is 13.5. The van der Waals surface area contributed by atoms with Gasteiger partial charge in [0.15, 0.2) is 10.3 Å². The molecule has 27 heteroatoms. The van der Waals surface area contributed by atoms with E-state index in [1.54, 1.807) is 54.0 Å². The number of imidazole rings is 2. The lowest BCUT2D eigenvalue weighted by Crippen LogP contribution is -2.48. The molecule has 0 spiro atoms. The lowest BCUT2D eigenvalue weighted by atomic mass is 10.1. The van der Waals surface area contributed by atoms with E-state index in [9.17, 15) is 33.7 Å². The van der Waals surface area contributed by atoms with E-state index in [2.05, 4.69) is 42.7 Å². The van der Waals surface area contributed by atoms with Gasteiger partial charge in [-0.1, -0.05) is 51.4 Å². The SMILES string of the molecule is C.C.CC(C)(C)OC(=O)N1CCNCC1.CCc1nc2ccc(-c3cnc(CC(=O)N4CCNCC4)nc3)cn2c1N(C)c1nc(-c2ccc(F)cc2)c(C#N)s1.CCc1nc2ccc(-c3cnc(CC(=O)O)nc3)cn2c1N(C)c1nc(-c2ccc(F)cc2)c(C#N)s1. The number of piperazine rings is 2. The van der Waals surface area contributed by atoms with Gasteiger partial charge in [-0.25, -0.2) is 53.4 Å². The summed E-state index contributed by atoms with van der Waals surface area (Å²) in [5.74, 6) is 0.707. The lowest BCUT2D eigenvalue weighted by molar-refractivity contribution is -0.136. The van der Waals surface area contributed by atoms with Crippen LogP contribution in [0.3, 0.4) is 0 Å². The van der Waals surface area contributed by atoms with Crippen LogP contribution in [0.2, 0.25) is 0 Å². The highest BCUT2D eigenvalue weighted by Crippen LogP contribution is 2.39. The molecule has 0 atom stereocenters. The molecular weight excluding hydrogens is 1240 g/mol. The molecule has 94 heavy (non-hydrogen) atoms. The smallest absolute Gasteiger partial charge is 0.410 e. The van der Waals surface area contributed by atoms with Gasteiger partial charge in [-0.3, -0.25) is 18.4 Å². The molecule has 2 aliphatic heterocycles. The van der Waals surface area contributed by atoms with Crippen molar-refractivity contribution in [1.82, 2.24) is 69.1 Å². The fourth-order valence-corrected chi connectivity index (χ4v) is 11.9. The number of ether oxygens (including phenoxy) is 1. The van der Waals surface area contributed by atoms with Gasteiger partial charge in [-0.15, -0.1) is 0 Å². The van der Waals surface area contributed by atoms with Crippen LogP contribution in [0.25, 0.3) is 56.1 Å². The van der Waals surface area contributed by atoms with Crippen LogP contribution < -0.4 is 20.4 Å². The number of carboxylic acid groups (broad SMARTS) is 1. The highest BCUT2D eigenvalue weighted by molar-refractivity contribution is 7.17. The number of thiazole rings is 2. The second-order valence-electron chi connectivity index (χ2n) is 22.3. The number of hydrogen-bond acceptors (Lipinski definition) is 20. The number of benzene rings is 2. The summed E-state index contributed by atoms with van der Waals surface area (Å²) in [7, 11) is 3.77. The zero-order valence-electron chi connectivity index (χ0n) is 51.7. The number of carboxylic acids is 1. The van der Waals surface area contributed by atoms with Gasteiger partial charge in [-0.05, 0) is 106 Å². The van der Waals surface area contributed by atoms with Gasteiger partial charge in [0.05, 0.1) is 17.8 Å². The zero-order chi connectivity index (χ0) is 65.2. The van der Waals surface area contributed by atoms with Crippen molar-refractivity contribution >= 4 is 73.8 Å². The van der Waals surface area contributed by atoms with Crippen molar-refractivity contribution in [3.63, 3.8) is 0 Å². The third kappa shape index (κ3) is 16.3. The van der Waals surface area contributed by atoms with Crippen molar-refractivity contribution in [2.24, 2.45) is 0 Å². The Morgan fingerprint density at radius 1 is 0.585 bits per heavy atom. The van der Waals surface area contributed by atoms with E-state index in [1.807, 2.05) is 109 Å². The van der Waals surface area contributed by atoms with Gasteiger partial charge < -0.3 is 40.1 Å². The Bertz CT molecular complexity index is 4350. The fraction of sp³-hybridized carbons (Fsp3) is 0.328. The first kappa shape index (κ1) is 69.7. The van der Waals surface area contributed by atoms with Crippen LogP contribution in [-0.2, 0) is 40.0 Å². The van der Waals surface area contributed by atoms with Gasteiger partial charge >= 0.3 is 12.1 Å². The Morgan fingerprint density at radius 2 is 0.968 bits per heavy atom. The number of halogens is 2. The summed E-state index contributed by atoms with van der Waals surface area (Å²) >= 11 is 2.52. The molecular formula is C67H74F2N18O5S2. The number of nitrogens with one attached hydrogen (secondary N) is 2. The summed E-state index contributed by atoms with van der Waals surface area (Å²) in [6, 6.07) is 24.0.